The van der Waals surface area contributed by atoms with Crippen molar-refractivity contribution in [2.45, 2.75) is 104 Å². The summed E-state index contributed by atoms with van der Waals surface area (Å²) in [5, 5.41) is 9.78. The molecule has 0 amide bonds. The van der Waals surface area contributed by atoms with Gasteiger partial charge in [-0.05, 0) is 79.8 Å². The van der Waals surface area contributed by atoms with Crippen LogP contribution in [0.25, 0.3) is 11.1 Å². The lowest BCUT2D eigenvalue weighted by molar-refractivity contribution is 0.00923. The number of rotatable bonds is 14. The molecule has 3 rings (SSSR count). The van der Waals surface area contributed by atoms with Crippen LogP contribution in [0.5, 0.6) is 5.75 Å². The summed E-state index contributed by atoms with van der Waals surface area (Å²) in [5.41, 5.74) is 2.46. The first-order chi connectivity index (χ1) is 18.0. The largest absolute Gasteiger partial charge is 0.494 e. The Bertz CT molecular complexity index is 982. The molecule has 37 heavy (non-hydrogen) atoms. The number of esters is 1. The lowest BCUT2D eigenvalue weighted by Crippen LogP contribution is -2.32. The highest BCUT2D eigenvalue weighted by molar-refractivity contribution is 5.90. The van der Waals surface area contributed by atoms with E-state index in [0.29, 0.717) is 11.5 Å². The fourth-order valence-electron chi connectivity index (χ4n) is 5.27. The van der Waals surface area contributed by atoms with Crippen LogP contribution in [0.15, 0.2) is 48.5 Å². The van der Waals surface area contributed by atoms with E-state index in [9.17, 15) is 10.1 Å². The normalized spacial score (nSPS) is 20.1. The Balaban J connectivity index is 1.45. The molecule has 1 atom stereocenters. The predicted octanol–water partition coefficient (Wildman–Crippen LogP) is 9.14. The summed E-state index contributed by atoms with van der Waals surface area (Å²) < 4.78 is 11.7. The van der Waals surface area contributed by atoms with E-state index < -0.39 is 0 Å². The summed E-state index contributed by atoms with van der Waals surface area (Å²) in [5.74, 6) is 1.17. The molecule has 0 heterocycles. The maximum Gasteiger partial charge on any atom is 0.338 e. The van der Waals surface area contributed by atoms with Crippen molar-refractivity contribution in [3.05, 3.63) is 54.1 Å². The van der Waals surface area contributed by atoms with E-state index in [1.807, 2.05) is 36.4 Å². The third-order valence-electron chi connectivity index (χ3n) is 7.91. The molecule has 0 saturated heterocycles. The minimum Gasteiger partial charge on any atom is -0.494 e. The number of ether oxygens (including phenoxy) is 2. The summed E-state index contributed by atoms with van der Waals surface area (Å²) in [4.78, 5) is 12.8. The van der Waals surface area contributed by atoms with E-state index in [0.717, 1.165) is 68.4 Å². The van der Waals surface area contributed by atoms with Crippen LogP contribution in [0.3, 0.4) is 0 Å². The Morgan fingerprint density at radius 2 is 1.54 bits per heavy atom. The van der Waals surface area contributed by atoms with Crippen molar-refractivity contribution in [1.29, 1.82) is 5.26 Å². The van der Waals surface area contributed by atoms with Gasteiger partial charge in [0, 0.05) is 0 Å². The van der Waals surface area contributed by atoms with Crippen LogP contribution in [0.2, 0.25) is 0 Å². The fourth-order valence-corrected chi connectivity index (χ4v) is 5.27. The monoisotopic (exact) mass is 503 g/mol. The van der Waals surface area contributed by atoms with E-state index in [4.69, 9.17) is 9.47 Å². The number of hydrogen-bond acceptors (Lipinski definition) is 4. The number of carbonyl (C=O) groups excluding carboxylic acids is 1. The van der Waals surface area contributed by atoms with Gasteiger partial charge < -0.3 is 9.47 Å². The first-order valence-corrected chi connectivity index (χ1v) is 14.4. The van der Waals surface area contributed by atoms with Gasteiger partial charge in [-0.25, -0.2) is 4.79 Å². The third kappa shape index (κ3) is 8.92. The molecule has 0 aromatic heterocycles. The molecule has 0 spiro atoms. The maximum atomic E-state index is 12.8. The average molecular weight is 504 g/mol. The van der Waals surface area contributed by atoms with Crippen molar-refractivity contribution in [2.24, 2.45) is 11.3 Å². The second-order valence-electron chi connectivity index (χ2n) is 10.9. The molecule has 0 aliphatic heterocycles. The molecular formula is C33H45NO3. The van der Waals surface area contributed by atoms with Gasteiger partial charge in [0.15, 0.2) is 0 Å². The molecule has 1 aliphatic rings. The zero-order valence-electron chi connectivity index (χ0n) is 23.1. The zero-order valence-corrected chi connectivity index (χ0v) is 23.1. The van der Waals surface area contributed by atoms with Crippen molar-refractivity contribution in [2.75, 3.05) is 6.61 Å². The lowest BCUT2D eigenvalue weighted by Gasteiger charge is -2.36. The van der Waals surface area contributed by atoms with Crippen LogP contribution in [0.4, 0.5) is 0 Å². The fraction of sp³-hybridized carbons (Fsp3) is 0.576. The van der Waals surface area contributed by atoms with Gasteiger partial charge in [-0.2, -0.15) is 5.26 Å². The van der Waals surface area contributed by atoms with Crippen LogP contribution in [0.1, 0.15) is 108 Å². The van der Waals surface area contributed by atoms with Crippen molar-refractivity contribution < 1.29 is 14.3 Å². The Hall–Kier alpha value is -2.80. The molecule has 4 heteroatoms. The topological polar surface area (TPSA) is 59.3 Å². The van der Waals surface area contributed by atoms with E-state index in [1.54, 1.807) is 0 Å². The van der Waals surface area contributed by atoms with Crippen molar-refractivity contribution >= 4 is 5.97 Å². The predicted molar refractivity (Wildman–Crippen MR) is 151 cm³/mol. The van der Waals surface area contributed by atoms with Gasteiger partial charge >= 0.3 is 5.97 Å². The number of benzene rings is 2. The molecule has 1 fully saturated rings. The zero-order chi connectivity index (χ0) is 26.5. The van der Waals surface area contributed by atoms with Crippen LogP contribution in [0, 0.1) is 22.7 Å². The third-order valence-corrected chi connectivity index (χ3v) is 7.91. The molecule has 0 radical (unpaired) electrons. The van der Waals surface area contributed by atoms with E-state index >= 15 is 0 Å². The molecular weight excluding hydrogens is 458 g/mol. The number of nitrogens with zero attached hydrogens (tertiary/aromatic N) is 1. The Labute approximate surface area is 224 Å². The quantitative estimate of drug-likeness (QED) is 0.190. The maximum absolute atomic E-state index is 12.8. The minimum atomic E-state index is -0.277. The van der Waals surface area contributed by atoms with E-state index in [1.165, 1.54) is 32.1 Å². The van der Waals surface area contributed by atoms with E-state index in [2.05, 4.69) is 39.0 Å². The molecule has 0 N–H and O–H groups in total. The van der Waals surface area contributed by atoms with Gasteiger partial charge in [0.1, 0.15) is 11.9 Å². The number of nitriles is 1. The van der Waals surface area contributed by atoms with Gasteiger partial charge in [0.25, 0.3) is 0 Å². The van der Waals surface area contributed by atoms with Crippen LogP contribution in [-0.4, -0.2) is 18.7 Å². The molecule has 0 unspecified atom stereocenters. The average Bonchev–Trinajstić information content (AvgIpc) is 2.94. The van der Waals surface area contributed by atoms with Crippen molar-refractivity contribution in [3.8, 4) is 22.9 Å². The Kier molecular flexibility index (Phi) is 11.5. The first kappa shape index (κ1) is 28.8. The molecule has 2 aromatic carbocycles. The van der Waals surface area contributed by atoms with Gasteiger partial charge in [-0.1, -0.05) is 83.6 Å². The summed E-state index contributed by atoms with van der Waals surface area (Å²) in [7, 11) is 0. The number of hydrogen-bond donors (Lipinski definition) is 0. The van der Waals surface area contributed by atoms with Crippen LogP contribution >= 0.6 is 0 Å². The summed E-state index contributed by atoms with van der Waals surface area (Å²) in [6.45, 7) is 7.39. The van der Waals surface area contributed by atoms with Gasteiger partial charge in [0.05, 0.1) is 23.7 Å². The molecule has 4 nitrogen and oxygen atoms in total. The van der Waals surface area contributed by atoms with Crippen molar-refractivity contribution in [3.63, 3.8) is 0 Å². The highest BCUT2D eigenvalue weighted by Crippen LogP contribution is 2.42. The second kappa shape index (κ2) is 14.8. The summed E-state index contributed by atoms with van der Waals surface area (Å²) in [6.07, 6.45) is 12.6. The lowest BCUT2D eigenvalue weighted by atomic mass is 9.69. The van der Waals surface area contributed by atoms with Crippen molar-refractivity contribution in [1.82, 2.24) is 0 Å². The smallest absolute Gasteiger partial charge is 0.338 e. The standard InChI is InChI=1S/C33H45NO3/c1-4-6-7-8-9-10-23-36-30-17-15-28(16-18-30)27-11-13-29(14-12-27)32(35)37-31-19-21-33(25-34,22-20-31)24-26(3)5-2/h11-18,26,31H,4-10,19-24H2,1-3H3/t26-,31?,33?/m1/s1. The van der Waals surface area contributed by atoms with Gasteiger partial charge in [-0.15, -0.1) is 0 Å². The molecule has 2 aromatic rings. The number of unbranched alkanes of at least 4 members (excludes halogenated alkanes) is 5. The van der Waals surface area contributed by atoms with Crippen LogP contribution < -0.4 is 4.74 Å². The molecule has 1 saturated carbocycles. The highest BCUT2D eigenvalue weighted by atomic mass is 16.5. The highest BCUT2D eigenvalue weighted by Gasteiger charge is 2.37. The summed E-state index contributed by atoms with van der Waals surface area (Å²) >= 11 is 0. The molecule has 0 bridgehead atoms. The minimum absolute atomic E-state index is 0.102. The van der Waals surface area contributed by atoms with Crippen LogP contribution in [-0.2, 0) is 4.74 Å². The van der Waals surface area contributed by atoms with E-state index in [-0.39, 0.29) is 17.5 Å². The van der Waals surface area contributed by atoms with Gasteiger partial charge in [0.2, 0.25) is 0 Å². The SMILES string of the molecule is CCCCCCCCOc1ccc(-c2ccc(C(=O)OC3CCC(C#N)(C[C@H](C)CC)CC3)cc2)cc1. The number of carbonyl (C=O) groups is 1. The first-order valence-electron chi connectivity index (χ1n) is 14.4. The second-order valence-corrected chi connectivity index (χ2v) is 10.9. The summed E-state index contributed by atoms with van der Waals surface area (Å²) in [6, 6.07) is 18.4. The molecule has 1 aliphatic carbocycles. The Morgan fingerprint density at radius 1 is 0.946 bits per heavy atom. The Morgan fingerprint density at radius 3 is 2.14 bits per heavy atom. The van der Waals surface area contributed by atoms with Gasteiger partial charge in [-0.3, -0.25) is 0 Å². The molecule has 200 valence electrons.